The molecule has 1 aromatic carbocycles. The van der Waals surface area contributed by atoms with Gasteiger partial charge in [-0.3, -0.25) is 4.79 Å². The molecular weight excluding hydrogens is 388 g/mol. The zero-order valence-corrected chi connectivity index (χ0v) is 18.8. The minimum Gasteiger partial charge on any atom is -0.493 e. The summed E-state index contributed by atoms with van der Waals surface area (Å²) in [5.41, 5.74) is 1.95. The van der Waals surface area contributed by atoms with Gasteiger partial charge in [0.05, 0.1) is 6.61 Å². The van der Waals surface area contributed by atoms with Gasteiger partial charge in [-0.2, -0.15) is 0 Å². The van der Waals surface area contributed by atoms with Crippen LogP contribution < -0.4 is 10.1 Å². The van der Waals surface area contributed by atoms with Crippen molar-refractivity contribution in [1.29, 1.82) is 0 Å². The van der Waals surface area contributed by atoms with Crippen LogP contribution in [0.5, 0.6) is 5.75 Å². The van der Waals surface area contributed by atoms with E-state index in [9.17, 15) is 9.90 Å². The highest BCUT2D eigenvalue weighted by molar-refractivity contribution is 5.86. The number of aliphatic hydroxyl groups is 1. The maximum atomic E-state index is 12.2. The summed E-state index contributed by atoms with van der Waals surface area (Å²) in [5.74, 6) is 2.47. The van der Waals surface area contributed by atoms with Gasteiger partial charge in [-0.15, -0.1) is 0 Å². The van der Waals surface area contributed by atoms with E-state index >= 15 is 0 Å². The number of benzene rings is 1. The topological polar surface area (TPSA) is 61.8 Å². The fourth-order valence-corrected chi connectivity index (χ4v) is 6.12. The number of carbonyl (C=O) groups excluding carboxylic acids is 1. The van der Waals surface area contributed by atoms with Crippen molar-refractivity contribution in [1.82, 2.24) is 10.2 Å². The van der Waals surface area contributed by atoms with Gasteiger partial charge in [0.1, 0.15) is 11.4 Å². The number of nitrogens with zero attached hydrogens (tertiary/aromatic N) is 1. The first-order valence-electron chi connectivity index (χ1n) is 12.6. The summed E-state index contributed by atoms with van der Waals surface area (Å²) in [4.78, 5) is 14.9. The Hall–Kier alpha value is -1.59. The van der Waals surface area contributed by atoms with E-state index in [4.69, 9.17) is 4.74 Å². The van der Waals surface area contributed by atoms with Gasteiger partial charge in [0, 0.05) is 18.0 Å². The molecule has 5 heteroatoms. The first-order valence-corrected chi connectivity index (χ1v) is 12.6. The molecule has 3 fully saturated rings. The molecule has 1 aromatic rings. The first kappa shape index (κ1) is 21.3. The Bertz CT molecular complexity index is 775. The molecule has 0 aromatic heterocycles. The molecule has 4 aliphatic rings. The van der Waals surface area contributed by atoms with E-state index < -0.39 is 5.60 Å². The average molecular weight is 427 g/mol. The molecule has 2 saturated carbocycles. The predicted molar refractivity (Wildman–Crippen MR) is 121 cm³/mol. The molecule has 0 radical (unpaired) electrons. The minimum atomic E-state index is -1.06. The van der Waals surface area contributed by atoms with E-state index in [2.05, 4.69) is 28.4 Å². The molecule has 170 valence electrons. The van der Waals surface area contributed by atoms with Crippen molar-refractivity contribution < 1.29 is 14.6 Å². The van der Waals surface area contributed by atoms with Crippen LogP contribution in [0.25, 0.3) is 0 Å². The lowest BCUT2D eigenvalue weighted by Gasteiger charge is -2.38. The highest BCUT2D eigenvalue weighted by Gasteiger charge is 2.42. The molecule has 5 nitrogen and oxygen atoms in total. The maximum absolute atomic E-state index is 12.2. The molecule has 0 unspecified atom stereocenters. The second kappa shape index (κ2) is 9.11. The normalized spacial score (nSPS) is 28.4. The van der Waals surface area contributed by atoms with Gasteiger partial charge < -0.3 is 20.1 Å². The summed E-state index contributed by atoms with van der Waals surface area (Å²) in [5, 5.41) is 13.3. The number of hydrogen-bond donors (Lipinski definition) is 2. The van der Waals surface area contributed by atoms with E-state index in [0.29, 0.717) is 18.8 Å². The van der Waals surface area contributed by atoms with Crippen LogP contribution in [0.15, 0.2) is 18.2 Å². The Kier molecular flexibility index (Phi) is 6.25. The fraction of sp³-hybridized carbons (Fsp3) is 0.731. The summed E-state index contributed by atoms with van der Waals surface area (Å²) in [6, 6.07) is 6.88. The SMILES string of the molecule is O=C(NC1CCC(CCN2CCC(c3cccc4c3CCO4)CC2)CC1)C1(O)CCC1. The maximum Gasteiger partial charge on any atom is 0.252 e. The molecule has 0 atom stereocenters. The zero-order valence-electron chi connectivity index (χ0n) is 18.8. The minimum absolute atomic E-state index is 0.124. The second-order valence-corrected chi connectivity index (χ2v) is 10.4. The van der Waals surface area contributed by atoms with E-state index in [1.54, 1.807) is 5.56 Å². The highest BCUT2D eigenvalue weighted by atomic mass is 16.5. The molecule has 31 heavy (non-hydrogen) atoms. The molecular formula is C26H38N2O3. The van der Waals surface area contributed by atoms with Crippen molar-refractivity contribution in [3.63, 3.8) is 0 Å². The van der Waals surface area contributed by atoms with Crippen molar-refractivity contribution in [2.45, 2.75) is 88.2 Å². The van der Waals surface area contributed by atoms with Gasteiger partial charge in [0.25, 0.3) is 5.91 Å². The Morgan fingerprint density at radius 3 is 2.61 bits per heavy atom. The third-order valence-corrected chi connectivity index (χ3v) is 8.45. The van der Waals surface area contributed by atoms with Gasteiger partial charge in [0.2, 0.25) is 0 Å². The summed E-state index contributed by atoms with van der Waals surface area (Å²) in [6.45, 7) is 4.47. The van der Waals surface area contributed by atoms with Gasteiger partial charge in [-0.05, 0) is 107 Å². The smallest absolute Gasteiger partial charge is 0.252 e. The van der Waals surface area contributed by atoms with E-state index in [1.807, 2.05) is 0 Å². The van der Waals surface area contributed by atoms with Crippen LogP contribution in [0.3, 0.4) is 0 Å². The number of ether oxygens (including phenoxy) is 1. The van der Waals surface area contributed by atoms with Crippen LogP contribution in [-0.2, 0) is 11.2 Å². The summed E-state index contributed by atoms with van der Waals surface area (Å²) >= 11 is 0. The standard InChI is InChI=1S/C26H38N2O3/c29-25(26(30)13-2-14-26)27-21-7-5-19(6-8-21)9-15-28-16-10-20(11-17-28)22-3-1-4-24-23(22)12-18-31-24/h1,3-4,19-21,30H,2,5-18H2,(H,27,29). The fourth-order valence-electron chi connectivity index (χ4n) is 6.12. The molecule has 2 aliphatic carbocycles. The van der Waals surface area contributed by atoms with Crippen molar-refractivity contribution in [2.75, 3.05) is 26.2 Å². The molecule has 2 aliphatic heterocycles. The van der Waals surface area contributed by atoms with E-state index in [0.717, 1.165) is 44.0 Å². The van der Waals surface area contributed by atoms with Crippen LogP contribution in [0.1, 0.15) is 81.3 Å². The summed E-state index contributed by atoms with van der Waals surface area (Å²) < 4.78 is 5.76. The Morgan fingerprint density at radius 1 is 1.13 bits per heavy atom. The number of likely N-dealkylation sites (tertiary alicyclic amines) is 1. The third kappa shape index (κ3) is 4.63. The molecule has 5 rings (SSSR count). The summed E-state index contributed by atoms with van der Waals surface area (Å²) in [6.07, 6.45) is 11.7. The van der Waals surface area contributed by atoms with Crippen molar-refractivity contribution >= 4 is 5.91 Å². The molecule has 0 spiro atoms. The van der Waals surface area contributed by atoms with Crippen LogP contribution >= 0.6 is 0 Å². The van der Waals surface area contributed by atoms with Crippen LogP contribution in [-0.4, -0.2) is 53.8 Å². The van der Waals surface area contributed by atoms with Gasteiger partial charge in [-0.1, -0.05) is 12.1 Å². The van der Waals surface area contributed by atoms with Crippen LogP contribution in [0.2, 0.25) is 0 Å². The lowest BCUT2D eigenvalue weighted by atomic mass is 9.78. The lowest BCUT2D eigenvalue weighted by Crippen LogP contribution is -2.54. The average Bonchev–Trinajstić information content (AvgIpc) is 3.26. The Balaban J connectivity index is 1.02. The third-order valence-electron chi connectivity index (χ3n) is 8.45. The number of hydrogen-bond acceptors (Lipinski definition) is 4. The predicted octanol–water partition coefficient (Wildman–Crippen LogP) is 3.78. The molecule has 0 bridgehead atoms. The number of nitrogens with one attached hydrogen (secondary N) is 1. The molecule has 1 amide bonds. The monoisotopic (exact) mass is 426 g/mol. The quantitative estimate of drug-likeness (QED) is 0.727. The number of rotatable bonds is 6. The van der Waals surface area contributed by atoms with Gasteiger partial charge in [0.15, 0.2) is 0 Å². The molecule has 1 saturated heterocycles. The molecule has 2 heterocycles. The zero-order chi connectivity index (χ0) is 21.3. The summed E-state index contributed by atoms with van der Waals surface area (Å²) in [7, 11) is 0. The number of piperidine rings is 1. The van der Waals surface area contributed by atoms with Crippen molar-refractivity contribution in [3.8, 4) is 5.75 Å². The number of carbonyl (C=O) groups is 1. The van der Waals surface area contributed by atoms with Crippen LogP contribution in [0.4, 0.5) is 0 Å². The van der Waals surface area contributed by atoms with Crippen molar-refractivity contribution in [3.05, 3.63) is 29.3 Å². The van der Waals surface area contributed by atoms with E-state index in [1.165, 1.54) is 57.3 Å². The van der Waals surface area contributed by atoms with Gasteiger partial charge in [-0.25, -0.2) is 0 Å². The highest BCUT2D eigenvalue weighted by Crippen LogP contribution is 2.37. The van der Waals surface area contributed by atoms with Crippen molar-refractivity contribution in [2.24, 2.45) is 5.92 Å². The van der Waals surface area contributed by atoms with E-state index in [-0.39, 0.29) is 11.9 Å². The van der Waals surface area contributed by atoms with Gasteiger partial charge >= 0.3 is 0 Å². The second-order valence-electron chi connectivity index (χ2n) is 10.4. The lowest BCUT2D eigenvalue weighted by molar-refractivity contribution is -0.149. The first-order chi connectivity index (χ1) is 15.1. The largest absolute Gasteiger partial charge is 0.493 e. The number of amides is 1. The van der Waals surface area contributed by atoms with Crippen LogP contribution in [0, 0.1) is 5.92 Å². The Labute approximate surface area is 186 Å². The number of fused-ring (bicyclic) bond motifs is 1. The Morgan fingerprint density at radius 2 is 1.90 bits per heavy atom. The molecule has 2 N–H and O–H groups in total.